The van der Waals surface area contributed by atoms with Crippen LogP contribution in [-0.2, 0) is 4.79 Å². The molecule has 0 unspecified atom stereocenters. The zero-order valence-electron chi connectivity index (χ0n) is 4.98. The summed E-state index contributed by atoms with van der Waals surface area (Å²) < 4.78 is 0. The Balaban J connectivity index is -0.000000125. The second-order valence-electron chi connectivity index (χ2n) is 0.720. The van der Waals surface area contributed by atoms with Gasteiger partial charge in [-0.15, -0.1) is 0 Å². The SMILES string of the molecule is NC(=O)CSCl.[H-].[K+]. The molecule has 0 saturated heterocycles. The monoisotopic (exact) mass is 165 g/mol. The Bertz CT molecular complexity index is 66.0. The average Bonchev–Trinajstić information content (AvgIpc) is 1.35. The van der Waals surface area contributed by atoms with Gasteiger partial charge in [0.2, 0.25) is 5.91 Å². The summed E-state index contributed by atoms with van der Waals surface area (Å²) in [5.41, 5.74) is 4.66. The fraction of sp³-hybridized carbons (Fsp3) is 0.500. The van der Waals surface area contributed by atoms with Crippen molar-refractivity contribution in [1.29, 1.82) is 0 Å². The van der Waals surface area contributed by atoms with Crippen LogP contribution in [0.2, 0.25) is 0 Å². The van der Waals surface area contributed by atoms with Gasteiger partial charge in [-0.3, -0.25) is 4.79 Å². The predicted octanol–water partition coefficient (Wildman–Crippen LogP) is -2.52. The van der Waals surface area contributed by atoms with Gasteiger partial charge in [-0.25, -0.2) is 0 Å². The van der Waals surface area contributed by atoms with Crippen LogP contribution in [-0.4, -0.2) is 11.7 Å². The summed E-state index contributed by atoms with van der Waals surface area (Å²) >= 11 is 0. The molecule has 0 atom stereocenters. The summed E-state index contributed by atoms with van der Waals surface area (Å²) in [6.45, 7) is 0. The molecule has 0 aromatic carbocycles. The minimum atomic E-state index is -0.380. The first-order chi connectivity index (χ1) is 2.77. The molecule has 38 valence electrons. The molecule has 0 aliphatic rings. The van der Waals surface area contributed by atoms with Crippen LogP contribution in [0.15, 0.2) is 0 Å². The molecule has 0 heterocycles. The van der Waals surface area contributed by atoms with E-state index in [1.54, 1.807) is 0 Å². The topological polar surface area (TPSA) is 43.1 Å². The summed E-state index contributed by atoms with van der Waals surface area (Å²) in [7, 11) is 5.92. The number of hydrogen-bond donors (Lipinski definition) is 1. The van der Waals surface area contributed by atoms with Gasteiger partial charge in [0.15, 0.2) is 0 Å². The third-order valence-corrected chi connectivity index (χ3v) is 0.918. The number of rotatable bonds is 2. The van der Waals surface area contributed by atoms with E-state index >= 15 is 0 Å². The molecule has 0 spiro atoms. The summed E-state index contributed by atoms with van der Waals surface area (Å²) in [6, 6.07) is 0. The van der Waals surface area contributed by atoms with Gasteiger partial charge in [0, 0.05) is 0 Å². The number of hydrogen-bond acceptors (Lipinski definition) is 2. The van der Waals surface area contributed by atoms with E-state index in [0.29, 0.717) is 0 Å². The maximum Gasteiger partial charge on any atom is 1.00 e. The summed E-state index contributed by atoms with van der Waals surface area (Å²) in [5, 5.41) is 0. The van der Waals surface area contributed by atoms with E-state index in [2.05, 4.69) is 5.73 Å². The summed E-state index contributed by atoms with van der Waals surface area (Å²) in [4.78, 5) is 9.72. The third-order valence-electron chi connectivity index (χ3n) is 0.197. The average molecular weight is 166 g/mol. The number of nitrogens with two attached hydrogens (primary N) is 1. The van der Waals surface area contributed by atoms with Crippen molar-refractivity contribution in [2.75, 3.05) is 5.75 Å². The number of halogens is 1. The molecule has 5 heteroatoms. The van der Waals surface area contributed by atoms with Gasteiger partial charge in [0.1, 0.15) is 0 Å². The molecule has 0 bridgehead atoms. The molecule has 7 heavy (non-hydrogen) atoms. The van der Waals surface area contributed by atoms with Crippen LogP contribution in [0.5, 0.6) is 0 Å². The van der Waals surface area contributed by atoms with E-state index < -0.39 is 0 Å². The summed E-state index contributed by atoms with van der Waals surface area (Å²) in [6.07, 6.45) is 0. The van der Waals surface area contributed by atoms with Crippen LogP contribution in [0.25, 0.3) is 0 Å². The molecule has 0 aromatic heterocycles. The number of carbonyl (C=O) groups excluding carboxylic acids is 1. The van der Waals surface area contributed by atoms with Crippen LogP contribution in [0.1, 0.15) is 1.43 Å². The Morgan fingerprint density at radius 3 is 2.43 bits per heavy atom. The van der Waals surface area contributed by atoms with Gasteiger partial charge in [0.05, 0.1) is 5.75 Å². The minimum absolute atomic E-state index is 0. The van der Waals surface area contributed by atoms with Gasteiger partial charge in [-0.2, -0.15) is 0 Å². The van der Waals surface area contributed by atoms with Gasteiger partial charge in [0.25, 0.3) is 0 Å². The van der Waals surface area contributed by atoms with Crippen LogP contribution in [0, 0.1) is 0 Å². The van der Waals surface area contributed by atoms with Gasteiger partial charge >= 0.3 is 51.4 Å². The molecule has 1 amide bonds. The fourth-order valence-electron chi connectivity index (χ4n) is 0.0538. The van der Waals surface area contributed by atoms with Crippen LogP contribution in [0.4, 0.5) is 0 Å². The largest absolute Gasteiger partial charge is 1.00 e. The maximum absolute atomic E-state index is 9.72. The molecule has 0 rings (SSSR count). The Labute approximate surface area is 94.9 Å². The smallest absolute Gasteiger partial charge is 1.00 e. The van der Waals surface area contributed by atoms with Crippen molar-refractivity contribution < 1.29 is 57.6 Å². The number of amides is 1. The zero-order valence-corrected chi connectivity index (χ0v) is 8.67. The van der Waals surface area contributed by atoms with Gasteiger partial charge < -0.3 is 7.16 Å². The van der Waals surface area contributed by atoms with Gasteiger partial charge in [-0.1, -0.05) is 0 Å². The molecule has 2 nitrogen and oxygen atoms in total. The van der Waals surface area contributed by atoms with E-state index in [0.717, 1.165) is 11.0 Å². The first-order valence-corrected chi connectivity index (χ1v) is 3.10. The molecular weight excluding hydrogens is 161 g/mol. The van der Waals surface area contributed by atoms with Crippen molar-refractivity contribution in [3.63, 3.8) is 0 Å². The Hall–Kier alpha value is 1.75. The molecule has 0 fully saturated rings. The standard InChI is InChI=1S/C2H4ClNOS.K.H/c3-6-1-2(4)5;;/h1H2,(H2,4,5);;/q;+1;-1. The molecule has 0 radical (unpaired) electrons. The van der Waals surface area contributed by atoms with Crippen LogP contribution >= 0.6 is 21.7 Å². The van der Waals surface area contributed by atoms with Crippen molar-refractivity contribution in [1.82, 2.24) is 0 Å². The molecule has 2 N–H and O–H groups in total. The molecule has 0 aliphatic heterocycles. The van der Waals surface area contributed by atoms with E-state index in [1.807, 2.05) is 0 Å². The van der Waals surface area contributed by atoms with Gasteiger partial charge in [-0.05, 0) is 21.7 Å². The third kappa shape index (κ3) is 11.4. The van der Waals surface area contributed by atoms with Crippen molar-refractivity contribution >= 4 is 27.6 Å². The second-order valence-corrected chi connectivity index (χ2v) is 1.88. The van der Waals surface area contributed by atoms with E-state index in [9.17, 15) is 4.79 Å². The van der Waals surface area contributed by atoms with Crippen LogP contribution < -0.4 is 57.1 Å². The van der Waals surface area contributed by atoms with Crippen molar-refractivity contribution in [3.05, 3.63) is 0 Å². The summed E-state index contributed by atoms with van der Waals surface area (Å²) in [5.74, 6) is -0.184. The second kappa shape index (κ2) is 7.75. The van der Waals surface area contributed by atoms with Crippen LogP contribution in [0.3, 0.4) is 0 Å². The predicted molar refractivity (Wildman–Crippen MR) is 28.6 cm³/mol. The molecule has 0 aromatic rings. The maximum atomic E-state index is 9.72. The van der Waals surface area contributed by atoms with E-state index in [-0.39, 0.29) is 64.5 Å². The molecule has 0 aliphatic carbocycles. The fourth-order valence-corrected chi connectivity index (χ4v) is 0.484. The molecular formula is C2H5ClKNOS. The first kappa shape index (κ1) is 11.5. The number of primary amides is 1. The normalized spacial score (nSPS) is 7.00. The Morgan fingerprint density at radius 2 is 2.43 bits per heavy atom. The quantitative estimate of drug-likeness (QED) is 0.459. The first-order valence-electron chi connectivity index (χ1n) is 1.29. The Morgan fingerprint density at radius 1 is 2.00 bits per heavy atom. The van der Waals surface area contributed by atoms with Crippen molar-refractivity contribution in [3.8, 4) is 0 Å². The minimum Gasteiger partial charge on any atom is -1.00 e. The van der Waals surface area contributed by atoms with Crippen molar-refractivity contribution in [2.45, 2.75) is 0 Å². The number of carbonyl (C=O) groups is 1. The van der Waals surface area contributed by atoms with Crippen molar-refractivity contribution in [2.24, 2.45) is 5.73 Å². The van der Waals surface area contributed by atoms with E-state index in [4.69, 9.17) is 10.7 Å². The molecule has 0 saturated carbocycles. The zero-order chi connectivity index (χ0) is 4.99. The Kier molecular flexibility index (Phi) is 12.8. The van der Waals surface area contributed by atoms with E-state index in [1.165, 1.54) is 0 Å².